The number of rotatable bonds is 2. The second-order valence-electron chi connectivity index (χ2n) is 3.13. The molecule has 0 N–H and O–H groups in total. The van der Waals surface area contributed by atoms with Gasteiger partial charge >= 0.3 is 0 Å². The molecule has 0 spiro atoms. The van der Waals surface area contributed by atoms with Crippen molar-refractivity contribution in [2.75, 3.05) is 0 Å². The first kappa shape index (κ1) is 9.71. The third kappa shape index (κ3) is 1.69. The maximum absolute atomic E-state index is 10.7. The predicted molar refractivity (Wildman–Crippen MR) is 51.9 cm³/mol. The van der Waals surface area contributed by atoms with Crippen LogP contribution in [-0.4, -0.2) is 4.92 Å². The Morgan fingerprint density at radius 3 is 2.46 bits per heavy atom. The largest absolute Gasteiger partial charge is 0.275 e. The zero-order valence-corrected chi connectivity index (χ0v) is 8.13. The molecular formula is C10H13NO2. The van der Waals surface area contributed by atoms with Gasteiger partial charge < -0.3 is 0 Å². The quantitative estimate of drug-likeness (QED) is 0.517. The molecule has 70 valence electrons. The lowest BCUT2D eigenvalue weighted by Gasteiger charge is -2.05. The molecule has 0 atom stereocenters. The molecule has 3 nitrogen and oxygen atoms in total. The molecule has 0 aliphatic carbocycles. The fourth-order valence-corrected chi connectivity index (χ4v) is 1.54. The van der Waals surface area contributed by atoms with Gasteiger partial charge in [0.25, 0.3) is 5.69 Å². The average Bonchev–Trinajstić information content (AvgIpc) is 2.04. The molecular weight excluding hydrogens is 166 g/mol. The maximum atomic E-state index is 10.7. The van der Waals surface area contributed by atoms with E-state index in [1.54, 1.807) is 6.92 Å². The van der Waals surface area contributed by atoms with Gasteiger partial charge in [-0.3, -0.25) is 10.1 Å². The molecule has 3 heteroatoms. The van der Waals surface area contributed by atoms with Gasteiger partial charge in [0.1, 0.15) is 0 Å². The lowest BCUT2D eigenvalue weighted by molar-refractivity contribution is -0.386. The van der Waals surface area contributed by atoms with Crippen molar-refractivity contribution < 1.29 is 4.92 Å². The molecule has 0 radical (unpaired) electrons. The third-order valence-corrected chi connectivity index (χ3v) is 2.31. The molecule has 1 aromatic carbocycles. The summed E-state index contributed by atoms with van der Waals surface area (Å²) in [5, 5.41) is 10.7. The number of nitro groups is 1. The molecule has 13 heavy (non-hydrogen) atoms. The SMILES string of the molecule is CCc1ccc(C)c([N+](=O)[O-])c1C. The summed E-state index contributed by atoms with van der Waals surface area (Å²) < 4.78 is 0. The number of hydrogen-bond acceptors (Lipinski definition) is 2. The summed E-state index contributed by atoms with van der Waals surface area (Å²) in [7, 11) is 0. The van der Waals surface area contributed by atoms with Gasteiger partial charge in [-0.05, 0) is 25.8 Å². The fraction of sp³-hybridized carbons (Fsp3) is 0.400. The number of benzene rings is 1. The van der Waals surface area contributed by atoms with Crippen LogP contribution in [0.4, 0.5) is 5.69 Å². The number of aryl methyl sites for hydroxylation is 2. The van der Waals surface area contributed by atoms with Gasteiger partial charge in [0, 0.05) is 11.1 Å². The van der Waals surface area contributed by atoms with Crippen molar-refractivity contribution in [1.82, 2.24) is 0 Å². The molecule has 1 rings (SSSR count). The normalized spacial score (nSPS) is 10.1. The van der Waals surface area contributed by atoms with Crippen molar-refractivity contribution in [2.24, 2.45) is 0 Å². The van der Waals surface area contributed by atoms with Crippen molar-refractivity contribution in [3.63, 3.8) is 0 Å². The Kier molecular flexibility index (Phi) is 2.66. The Morgan fingerprint density at radius 2 is 2.00 bits per heavy atom. The van der Waals surface area contributed by atoms with Crippen LogP contribution >= 0.6 is 0 Å². The zero-order chi connectivity index (χ0) is 10.0. The van der Waals surface area contributed by atoms with Crippen molar-refractivity contribution in [3.8, 4) is 0 Å². The Bertz CT molecular complexity index is 345. The van der Waals surface area contributed by atoms with E-state index in [1.165, 1.54) is 0 Å². The summed E-state index contributed by atoms with van der Waals surface area (Å²) in [6, 6.07) is 3.77. The van der Waals surface area contributed by atoms with E-state index in [0.29, 0.717) is 0 Å². The average molecular weight is 179 g/mol. The predicted octanol–water partition coefficient (Wildman–Crippen LogP) is 2.77. The minimum atomic E-state index is -0.302. The molecule has 0 bridgehead atoms. The fourth-order valence-electron chi connectivity index (χ4n) is 1.54. The van der Waals surface area contributed by atoms with Crippen LogP contribution in [0.3, 0.4) is 0 Å². The first-order valence-corrected chi connectivity index (χ1v) is 4.31. The highest BCUT2D eigenvalue weighted by Gasteiger charge is 2.15. The molecule has 0 fully saturated rings. The molecule has 0 saturated carbocycles. The summed E-state index contributed by atoms with van der Waals surface area (Å²) in [6.45, 7) is 5.58. The number of hydrogen-bond donors (Lipinski definition) is 0. The number of nitro benzene ring substituents is 1. The Balaban J connectivity index is 3.38. The van der Waals surface area contributed by atoms with Crippen LogP contribution < -0.4 is 0 Å². The smallest absolute Gasteiger partial charge is 0.258 e. The van der Waals surface area contributed by atoms with Crippen LogP contribution in [0.25, 0.3) is 0 Å². The molecule has 0 aliphatic rings. The van der Waals surface area contributed by atoms with Crippen LogP contribution in [-0.2, 0) is 6.42 Å². The third-order valence-electron chi connectivity index (χ3n) is 2.31. The highest BCUT2D eigenvalue weighted by molar-refractivity contribution is 5.50. The first-order valence-electron chi connectivity index (χ1n) is 4.31. The summed E-state index contributed by atoms with van der Waals surface area (Å²) >= 11 is 0. The van der Waals surface area contributed by atoms with Crippen LogP contribution in [0.1, 0.15) is 23.6 Å². The Morgan fingerprint density at radius 1 is 1.38 bits per heavy atom. The van der Waals surface area contributed by atoms with Gasteiger partial charge in [0.2, 0.25) is 0 Å². The van der Waals surface area contributed by atoms with E-state index in [9.17, 15) is 10.1 Å². The highest BCUT2D eigenvalue weighted by Crippen LogP contribution is 2.25. The van der Waals surface area contributed by atoms with E-state index >= 15 is 0 Å². The van der Waals surface area contributed by atoms with E-state index in [0.717, 1.165) is 23.1 Å². The van der Waals surface area contributed by atoms with Crippen molar-refractivity contribution in [3.05, 3.63) is 38.9 Å². The molecule has 1 aromatic rings. The van der Waals surface area contributed by atoms with Gasteiger partial charge in [-0.15, -0.1) is 0 Å². The Hall–Kier alpha value is -1.38. The lowest BCUT2D eigenvalue weighted by Crippen LogP contribution is -1.98. The topological polar surface area (TPSA) is 43.1 Å². The van der Waals surface area contributed by atoms with Crippen LogP contribution in [0.2, 0.25) is 0 Å². The molecule has 0 unspecified atom stereocenters. The van der Waals surface area contributed by atoms with E-state index in [2.05, 4.69) is 0 Å². The molecule has 0 heterocycles. The monoisotopic (exact) mass is 179 g/mol. The summed E-state index contributed by atoms with van der Waals surface area (Å²) in [5.41, 5.74) is 2.85. The lowest BCUT2D eigenvalue weighted by atomic mass is 10.0. The van der Waals surface area contributed by atoms with Gasteiger partial charge in [-0.1, -0.05) is 19.1 Å². The molecule has 0 aliphatic heterocycles. The maximum Gasteiger partial charge on any atom is 0.275 e. The van der Waals surface area contributed by atoms with E-state index in [-0.39, 0.29) is 10.6 Å². The first-order chi connectivity index (χ1) is 6.07. The standard InChI is InChI=1S/C10H13NO2/c1-4-9-6-5-7(2)10(8(9)3)11(12)13/h5-6H,4H2,1-3H3. The molecule has 0 saturated heterocycles. The summed E-state index contributed by atoms with van der Waals surface area (Å²) in [4.78, 5) is 10.4. The highest BCUT2D eigenvalue weighted by atomic mass is 16.6. The van der Waals surface area contributed by atoms with Crippen LogP contribution in [0, 0.1) is 24.0 Å². The van der Waals surface area contributed by atoms with Crippen LogP contribution in [0.5, 0.6) is 0 Å². The van der Waals surface area contributed by atoms with Gasteiger partial charge in [0.15, 0.2) is 0 Å². The minimum absolute atomic E-state index is 0.263. The molecule has 0 aromatic heterocycles. The van der Waals surface area contributed by atoms with Crippen molar-refractivity contribution in [2.45, 2.75) is 27.2 Å². The summed E-state index contributed by atoms with van der Waals surface area (Å²) in [6.07, 6.45) is 0.840. The Labute approximate surface area is 77.5 Å². The second-order valence-corrected chi connectivity index (χ2v) is 3.13. The number of nitrogens with zero attached hydrogens (tertiary/aromatic N) is 1. The van der Waals surface area contributed by atoms with Gasteiger partial charge in [-0.25, -0.2) is 0 Å². The van der Waals surface area contributed by atoms with E-state index in [4.69, 9.17) is 0 Å². The van der Waals surface area contributed by atoms with Crippen molar-refractivity contribution >= 4 is 5.69 Å². The van der Waals surface area contributed by atoms with Gasteiger partial charge in [-0.2, -0.15) is 0 Å². The molecule has 0 amide bonds. The zero-order valence-electron chi connectivity index (χ0n) is 8.13. The van der Waals surface area contributed by atoms with E-state index < -0.39 is 0 Å². The van der Waals surface area contributed by atoms with E-state index in [1.807, 2.05) is 26.0 Å². The van der Waals surface area contributed by atoms with Crippen molar-refractivity contribution in [1.29, 1.82) is 0 Å². The second kappa shape index (κ2) is 3.56. The van der Waals surface area contributed by atoms with Gasteiger partial charge in [0.05, 0.1) is 4.92 Å². The van der Waals surface area contributed by atoms with Crippen LogP contribution in [0.15, 0.2) is 12.1 Å². The minimum Gasteiger partial charge on any atom is -0.258 e. The summed E-state index contributed by atoms with van der Waals surface area (Å²) in [5.74, 6) is 0.